The van der Waals surface area contributed by atoms with Crippen molar-refractivity contribution in [2.75, 3.05) is 81.5 Å². The third-order valence-electron chi connectivity index (χ3n) is 22.0. The van der Waals surface area contributed by atoms with Crippen LogP contribution in [0.25, 0.3) is 0 Å². The summed E-state index contributed by atoms with van der Waals surface area (Å²) in [6.45, 7) is 19.3. The van der Waals surface area contributed by atoms with E-state index in [4.69, 9.17) is 75.5 Å². The summed E-state index contributed by atoms with van der Waals surface area (Å²) in [4.78, 5) is 164. The quantitative estimate of drug-likeness (QED) is 0.0122. The summed E-state index contributed by atoms with van der Waals surface area (Å²) in [6.07, 6.45) is -0.0754. The van der Waals surface area contributed by atoms with E-state index in [9.17, 15) is 82.4 Å². The Morgan fingerprint density at radius 3 is 1.20 bits per heavy atom. The van der Waals surface area contributed by atoms with Gasteiger partial charge in [0.1, 0.15) is 69.9 Å². The molecule has 0 spiro atoms. The second kappa shape index (κ2) is 56.3. The molecule has 9 heterocycles. The average molecular weight is 2050 g/mol. The molecular weight excluding hydrogens is 1930 g/mol. The average Bonchev–Trinajstić information content (AvgIpc) is 1.80. The van der Waals surface area contributed by atoms with Crippen molar-refractivity contribution < 1.29 is 158 Å². The molecule has 0 unspecified atom stereocenters. The van der Waals surface area contributed by atoms with E-state index in [0.29, 0.717) is 85.4 Å². The molecule has 790 valence electrons. The number of carbonyl (C=O) groups excluding carboxylic acids is 13. The van der Waals surface area contributed by atoms with Gasteiger partial charge in [0.15, 0.2) is 28.9 Å². The molecule has 0 radical (unpaired) electrons. The number of esters is 4. The normalized spacial score (nSPS) is 15.7. The van der Waals surface area contributed by atoms with Gasteiger partial charge in [-0.25, -0.2) is 52.4 Å². The number of ketones is 4. The van der Waals surface area contributed by atoms with Crippen LogP contribution in [0.3, 0.4) is 0 Å². The Labute approximate surface area is 845 Å². The minimum absolute atomic E-state index is 0.0103. The van der Waals surface area contributed by atoms with E-state index < -0.39 is 127 Å². The zero-order valence-corrected chi connectivity index (χ0v) is 83.9. The van der Waals surface area contributed by atoms with Crippen molar-refractivity contribution in [1.29, 1.82) is 0 Å². The van der Waals surface area contributed by atoms with Gasteiger partial charge in [-0.05, 0) is 184 Å². The molecule has 0 saturated carbocycles. The molecule has 13 rings (SSSR count). The van der Waals surface area contributed by atoms with Crippen LogP contribution in [0, 0.1) is 0 Å². The Morgan fingerprint density at radius 2 is 0.823 bits per heavy atom. The summed E-state index contributed by atoms with van der Waals surface area (Å²) < 4.78 is 84.6. The number of benzene rings is 4. The third kappa shape index (κ3) is 36.9. The van der Waals surface area contributed by atoms with Gasteiger partial charge in [0.05, 0.1) is 68.4 Å². The van der Waals surface area contributed by atoms with Crippen LogP contribution in [-0.2, 0) is 147 Å². The van der Waals surface area contributed by atoms with Crippen LogP contribution in [0.1, 0.15) is 193 Å². The molecule has 4 aromatic heterocycles. The van der Waals surface area contributed by atoms with Crippen LogP contribution >= 0.6 is 0 Å². The second-order valence-electron chi connectivity index (χ2n) is 36.5. The van der Waals surface area contributed by atoms with E-state index in [1.807, 2.05) is 51.8 Å². The highest BCUT2D eigenvalue weighted by Gasteiger charge is 2.44. The van der Waals surface area contributed by atoms with Gasteiger partial charge in [-0.2, -0.15) is 4.80 Å². The number of carbonyl (C=O) groups is 13. The Bertz CT molecular complexity index is 5650. The number of ether oxygens (including phenoxy) is 12. The van der Waals surface area contributed by atoms with Crippen molar-refractivity contribution in [2.45, 2.75) is 232 Å². The Kier molecular flexibility index (Phi) is 43.8. The van der Waals surface area contributed by atoms with Crippen molar-refractivity contribution >= 4 is 106 Å². The molecule has 52 nitrogen and oxygen atoms in total. The van der Waals surface area contributed by atoms with E-state index in [1.54, 1.807) is 115 Å². The van der Waals surface area contributed by atoms with Crippen molar-refractivity contribution in [3.05, 3.63) is 153 Å². The summed E-state index contributed by atoms with van der Waals surface area (Å²) >= 11 is 0. The molecule has 56 heteroatoms. The van der Waals surface area contributed by atoms with Crippen molar-refractivity contribution in [3.63, 3.8) is 0 Å². The SMILES string of the molecule is CC(C)NCc1cn(CC(=O)C[C@H]2Cc3cccc(C(=O)OCOC(=O)OC(C)C)c3OB2O)nn1.CC(C)OC(=O)OCOC(=O)c1cccc2c1OB(O)[C@@H](CC(=O)Cc1nnn(CCN(C)C)n1)C2.CC(C)OC(=O)OCOC(=O)c1cccc2c1OB(O)[C@@H](CC(=O)Cc1nnnn1CCN(C)C)C2.CC(C)OC(=O)OCOC(=O)c1cccc2c1OB(O)[C@@H](CC(=O)Cn1cc(C(=O)N[C@H]3CCNC3)nn1)C2. The Hall–Kier alpha value is -14.5. The van der Waals surface area contributed by atoms with E-state index in [2.05, 4.69) is 67.5 Å². The number of amides is 1. The molecule has 4 aromatic carbocycles. The summed E-state index contributed by atoms with van der Waals surface area (Å²) in [6, 6.07) is 19.7. The molecule has 5 atom stereocenters. The van der Waals surface area contributed by atoms with E-state index in [0.717, 1.165) is 31.7 Å². The molecule has 0 bridgehead atoms. The van der Waals surface area contributed by atoms with Crippen LogP contribution in [0.4, 0.5) is 19.2 Å². The number of Topliss-reactive ketones (excluding diaryl/α,β-unsaturated/α-hetero) is 4. The third-order valence-corrected chi connectivity index (χ3v) is 22.0. The van der Waals surface area contributed by atoms with Gasteiger partial charge in [-0.15, -0.1) is 25.5 Å². The van der Waals surface area contributed by atoms with Crippen LogP contribution in [0.2, 0.25) is 23.3 Å². The fourth-order valence-corrected chi connectivity index (χ4v) is 15.0. The first kappa shape index (κ1) is 114. The lowest BCUT2D eigenvalue weighted by Gasteiger charge is -2.28. The number of tetrazole rings is 2. The van der Waals surface area contributed by atoms with Crippen molar-refractivity contribution in [3.8, 4) is 23.0 Å². The highest BCUT2D eigenvalue weighted by Crippen LogP contribution is 2.42. The number of para-hydroxylation sites is 4. The minimum Gasteiger partial charge on any atom is -0.535 e. The summed E-state index contributed by atoms with van der Waals surface area (Å²) in [5.41, 5.74) is 3.63. The summed E-state index contributed by atoms with van der Waals surface area (Å²) in [7, 11) is 2.46. The lowest BCUT2D eigenvalue weighted by Crippen LogP contribution is -2.36. The standard InChI is InChI=1S/C24H30BN5O9.C23H31BN4O8.2C22H30BN5O8/c1-14(2)38-24(34)37-13-36-23(33)19-5-3-4-15-8-16(25(35)39-21(15)19)9-18(31)11-30-12-20(28-29-30)22(32)27-17-6-7-26-10-17;1-14(2)25-10-18-11-28(27-26-18)12-19(29)9-17-8-16-6-5-7-20(21(16)36-24(17)32)22(30)33-13-34-23(31)35-15(3)4;1-14(2)35-22(31)34-13-33-21(30)18-7-5-6-15-10-16(23(32)36-20(15)18)11-17(29)12-19-24-25-26-28(19)9-8-27(3)4;1-14(2)35-22(31)34-13-33-21(30)18-7-5-6-15-10-16(23(32)36-20(15)18)11-17(29)12-19-24-26-28(25-19)9-8-27(3)4/h3-5,12,14,16-17,26,35H,6-11,13H2,1-2H3,(H,27,32);5-7,11,14-15,17,25,32H,8-10,12-13H2,1-4H3;2*5-7,14,16,32H,8-13H2,1-4H3/t16-,17+;17-;2*16-/m1111/s1. The van der Waals surface area contributed by atoms with Crippen LogP contribution in [0.15, 0.2) is 85.2 Å². The number of nitrogens with zero attached hydrogens (tertiary/aromatic N) is 16. The van der Waals surface area contributed by atoms with E-state index in [-0.39, 0.29) is 168 Å². The zero-order valence-electron chi connectivity index (χ0n) is 83.9. The zero-order chi connectivity index (χ0) is 107. The number of aromatic nitrogens is 14. The first-order valence-corrected chi connectivity index (χ1v) is 47.4. The second-order valence-corrected chi connectivity index (χ2v) is 36.5. The monoisotopic (exact) mass is 2050 g/mol. The predicted molar refractivity (Wildman–Crippen MR) is 511 cm³/mol. The van der Waals surface area contributed by atoms with Gasteiger partial charge in [0.25, 0.3) is 5.91 Å². The highest BCUT2D eigenvalue weighted by molar-refractivity contribution is 6.48. The molecule has 1 fully saturated rings. The molecule has 147 heavy (non-hydrogen) atoms. The van der Waals surface area contributed by atoms with Crippen molar-refractivity contribution in [2.24, 2.45) is 0 Å². The van der Waals surface area contributed by atoms with Gasteiger partial charge < -0.3 is 121 Å². The molecule has 1 saturated heterocycles. The van der Waals surface area contributed by atoms with Crippen molar-refractivity contribution in [1.82, 2.24) is 96.2 Å². The largest absolute Gasteiger partial charge is 0.535 e. The van der Waals surface area contributed by atoms with Gasteiger partial charge in [-0.1, -0.05) is 72.8 Å². The van der Waals surface area contributed by atoms with Gasteiger partial charge in [0, 0.05) is 87.2 Å². The van der Waals surface area contributed by atoms with Crippen LogP contribution in [0.5, 0.6) is 23.0 Å². The van der Waals surface area contributed by atoms with Crippen LogP contribution < -0.4 is 34.6 Å². The first-order chi connectivity index (χ1) is 70.1. The number of nitrogens with one attached hydrogen (secondary N) is 3. The minimum atomic E-state index is -1.36. The topological polar surface area (TPSA) is 642 Å². The highest BCUT2D eigenvalue weighted by atomic mass is 16.8. The summed E-state index contributed by atoms with van der Waals surface area (Å²) in [5.74, 6) is -4.98. The molecule has 8 aromatic rings. The molecule has 7 N–H and O–H groups in total. The smallest absolute Gasteiger partial charge is 0.526 e. The van der Waals surface area contributed by atoms with E-state index in [1.165, 1.54) is 44.6 Å². The Morgan fingerprint density at radius 1 is 0.449 bits per heavy atom. The Balaban J connectivity index is 0.000000201. The predicted octanol–water partition coefficient (Wildman–Crippen LogP) is 4.18. The number of fused-ring (bicyclic) bond motifs is 4. The maximum Gasteiger partial charge on any atom is 0.526 e. The van der Waals surface area contributed by atoms with Gasteiger partial charge >= 0.3 is 77.0 Å². The van der Waals surface area contributed by atoms with E-state index >= 15 is 0 Å². The maximum absolute atomic E-state index is 12.7. The molecule has 1 amide bonds. The molecule has 5 aliphatic rings. The maximum atomic E-state index is 12.7. The van der Waals surface area contributed by atoms with Crippen LogP contribution in [-0.4, -0.2) is 324 Å². The number of hydrogen-bond donors (Lipinski definition) is 7. The van der Waals surface area contributed by atoms with Gasteiger partial charge in [0.2, 0.25) is 27.2 Å². The fourth-order valence-electron chi connectivity index (χ4n) is 15.0. The summed E-state index contributed by atoms with van der Waals surface area (Å²) in [5, 5.41) is 90.8. The fraction of sp³-hybridized carbons (Fsp3) is 0.527. The first-order valence-electron chi connectivity index (χ1n) is 47.4. The number of hydrogen-bond acceptors (Lipinski definition) is 47. The number of likely N-dealkylation sites (N-methyl/N-ethyl adjacent to an activating group) is 2. The van der Waals surface area contributed by atoms with Gasteiger partial charge in [-0.3, -0.25) is 24.0 Å². The molecular formula is C91H121B4N19O33. The lowest BCUT2D eigenvalue weighted by molar-refractivity contribution is -0.120. The lowest BCUT2D eigenvalue weighted by atomic mass is 9.64. The number of rotatable bonds is 43. The molecule has 0 aliphatic carbocycles. The molecule has 5 aliphatic heterocycles.